The zero-order valence-corrected chi connectivity index (χ0v) is 33.4. The molecule has 12 heteroatoms. The monoisotopic (exact) mass is 798 g/mol. The second-order valence-electron chi connectivity index (χ2n) is 16.2. The lowest BCUT2D eigenvalue weighted by Gasteiger charge is -2.49. The molecule has 0 radical (unpaired) electrons. The molecule has 57 heavy (non-hydrogen) atoms. The molecule has 4 amide bonds. The molecule has 3 fully saturated rings. The summed E-state index contributed by atoms with van der Waals surface area (Å²) in [4.78, 5) is 62.5. The molecule has 288 valence electrons. The number of rotatable bonds is 5. The average molecular weight is 799 g/mol. The van der Waals surface area contributed by atoms with E-state index in [4.69, 9.17) is 21.4 Å². The number of thiophene rings is 1. The van der Waals surface area contributed by atoms with Crippen LogP contribution in [0, 0.1) is 41.9 Å². The summed E-state index contributed by atoms with van der Waals surface area (Å²) >= 11 is 7.92. The van der Waals surface area contributed by atoms with Crippen molar-refractivity contribution in [2.75, 3.05) is 9.80 Å². The maximum atomic E-state index is 15.3. The van der Waals surface area contributed by atoms with Crippen LogP contribution in [0.2, 0.25) is 5.02 Å². The number of benzene rings is 3. The molecule has 2 saturated heterocycles. The highest BCUT2D eigenvalue weighted by atomic mass is 35.5. The Labute approximate surface area is 338 Å². The molecule has 5 heterocycles. The van der Waals surface area contributed by atoms with Crippen molar-refractivity contribution in [2.24, 2.45) is 42.1 Å². The van der Waals surface area contributed by atoms with Gasteiger partial charge in [0.25, 0.3) is 0 Å². The maximum absolute atomic E-state index is 15.3. The highest BCUT2D eigenvalue weighted by Gasteiger charge is 2.68. The van der Waals surface area contributed by atoms with Crippen LogP contribution in [0.3, 0.4) is 0 Å². The van der Waals surface area contributed by atoms with Gasteiger partial charge in [-0.2, -0.15) is 5.10 Å². The number of hydrogen-bond donors (Lipinski definition) is 1. The average Bonchev–Trinajstić information content (AvgIpc) is 3.87. The molecule has 10 nitrogen and oxygen atoms in total. The minimum absolute atomic E-state index is 0.0911. The number of phenolic OH excluding ortho intramolecular Hbond substituents is 1. The van der Waals surface area contributed by atoms with Crippen LogP contribution < -0.4 is 14.5 Å². The number of imide groups is 2. The van der Waals surface area contributed by atoms with Crippen molar-refractivity contribution < 1.29 is 29.0 Å². The second-order valence-corrected chi connectivity index (χ2v) is 17.7. The number of carbonyl (C=O) groups excluding carboxylic acids is 4. The summed E-state index contributed by atoms with van der Waals surface area (Å²) in [5.41, 5.74) is 4.43. The van der Waals surface area contributed by atoms with Crippen molar-refractivity contribution in [3.05, 3.63) is 112 Å². The van der Waals surface area contributed by atoms with Crippen LogP contribution in [-0.2, 0) is 39.1 Å². The Bertz CT molecular complexity index is 2680. The van der Waals surface area contributed by atoms with E-state index in [0.29, 0.717) is 40.8 Å². The summed E-state index contributed by atoms with van der Waals surface area (Å²) < 4.78 is 8.80. The third-order valence-electron chi connectivity index (χ3n) is 13.2. The molecule has 0 spiro atoms. The highest BCUT2D eigenvalue weighted by molar-refractivity contribution is 7.22. The first-order valence-electron chi connectivity index (χ1n) is 19.3. The van der Waals surface area contributed by atoms with E-state index < -0.39 is 35.0 Å². The van der Waals surface area contributed by atoms with E-state index in [2.05, 4.69) is 6.92 Å². The standard InChI is InChI=1S/C45H39ClN4O6S/c1-5-23-6-9-27(10-7-23)49-41(52)30-13-12-29-32(38(30)43(49)54)19-33-42(53)50(37-20-34(47-48(37)4)40-22(2)31-18-26(46)8-15-36(31)57-40)44(55)45(33,3)39(29)25-16-24-17-28(51)11-14-35(24)56-21-25/h6-12,14-15,17-18,20-21,30,32-33,38-39,51H,5,13,16,19H2,1-4H3. The number of allylic oxidation sites excluding steroid dienone is 3. The summed E-state index contributed by atoms with van der Waals surface area (Å²) in [7, 11) is 1.74. The van der Waals surface area contributed by atoms with Crippen molar-refractivity contribution in [3.8, 4) is 22.1 Å². The van der Waals surface area contributed by atoms with Crippen molar-refractivity contribution >= 4 is 68.2 Å². The van der Waals surface area contributed by atoms with Gasteiger partial charge in [0.05, 0.1) is 40.0 Å². The lowest BCUT2D eigenvalue weighted by molar-refractivity contribution is -0.132. The van der Waals surface area contributed by atoms with Crippen LogP contribution in [0.15, 0.2) is 90.2 Å². The molecule has 5 aromatic rings. The molecule has 2 aliphatic carbocycles. The van der Waals surface area contributed by atoms with Gasteiger partial charge in [-0.05, 0) is 110 Å². The number of amides is 4. The van der Waals surface area contributed by atoms with Gasteiger partial charge in [-0.25, -0.2) is 4.90 Å². The molecule has 5 aliphatic rings. The number of ether oxygens (including phenoxy) is 1. The summed E-state index contributed by atoms with van der Waals surface area (Å²) in [5, 5.41) is 16.9. The molecule has 1 N–H and O–H groups in total. The van der Waals surface area contributed by atoms with Gasteiger partial charge in [0.1, 0.15) is 23.0 Å². The Hall–Kier alpha value is -5.52. The first-order valence-corrected chi connectivity index (χ1v) is 20.5. The van der Waals surface area contributed by atoms with E-state index in [1.54, 1.807) is 53.6 Å². The number of halogens is 1. The quantitative estimate of drug-likeness (QED) is 0.140. The fourth-order valence-corrected chi connectivity index (χ4v) is 11.7. The molecule has 10 rings (SSSR count). The topological polar surface area (TPSA) is 122 Å². The molecular weight excluding hydrogens is 760 g/mol. The van der Waals surface area contributed by atoms with E-state index in [1.165, 1.54) is 9.80 Å². The predicted octanol–water partition coefficient (Wildman–Crippen LogP) is 8.32. The number of carbonyl (C=O) groups is 4. The number of anilines is 2. The number of fused-ring (bicyclic) bond motifs is 6. The number of nitrogens with zero attached hydrogens (tertiary/aromatic N) is 4. The number of aryl methyl sites for hydroxylation is 3. The molecular formula is C45H39ClN4O6S. The van der Waals surface area contributed by atoms with Crippen LogP contribution in [-0.4, -0.2) is 38.5 Å². The minimum Gasteiger partial charge on any atom is -0.508 e. The smallest absolute Gasteiger partial charge is 0.242 e. The Morgan fingerprint density at radius 3 is 2.53 bits per heavy atom. The largest absolute Gasteiger partial charge is 0.508 e. The van der Waals surface area contributed by atoms with E-state index in [9.17, 15) is 14.7 Å². The van der Waals surface area contributed by atoms with E-state index >= 15 is 9.59 Å². The molecule has 3 aromatic carbocycles. The third-order valence-corrected chi connectivity index (χ3v) is 14.8. The van der Waals surface area contributed by atoms with Gasteiger partial charge in [0.2, 0.25) is 23.6 Å². The molecule has 6 atom stereocenters. The normalized spacial score (nSPS) is 26.6. The third kappa shape index (κ3) is 5.10. The zero-order chi connectivity index (χ0) is 39.7. The van der Waals surface area contributed by atoms with Crippen LogP contribution in [0.1, 0.15) is 43.4 Å². The van der Waals surface area contributed by atoms with E-state index in [-0.39, 0.29) is 35.8 Å². The number of phenols is 1. The fraction of sp³-hybridized carbons (Fsp3) is 0.311. The number of aromatic nitrogens is 2. The van der Waals surface area contributed by atoms with Gasteiger partial charge in [-0.3, -0.25) is 28.8 Å². The van der Waals surface area contributed by atoms with E-state index in [0.717, 1.165) is 49.2 Å². The Morgan fingerprint density at radius 1 is 0.965 bits per heavy atom. The zero-order valence-electron chi connectivity index (χ0n) is 31.8. The van der Waals surface area contributed by atoms with Gasteiger partial charge in [-0.1, -0.05) is 42.3 Å². The molecule has 1 saturated carbocycles. The molecule has 6 unspecified atom stereocenters. The van der Waals surface area contributed by atoms with Crippen molar-refractivity contribution in [1.82, 2.24) is 9.78 Å². The van der Waals surface area contributed by atoms with Crippen molar-refractivity contribution in [2.45, 2.75) is 46.5 Å². The van der Waals surface area contributed by atoms with Crippen LogP contribution in [0.25, 0.3) is 20.7 Å². The number of hydrogen-bond acceptors (Lipinski definition) is 8. The lowest BCUT2D eigenvalue weighted by Crippen LogP contribution is -2.51. The van der Waals surface area contributed by atoms with Crippen LogP contribution in [0.4, 0.5) is 11.5 Å². The Balaban J connectivity index is 1.07. The molecule has 0 bridgehead atoms. The van der Waals surface area contributed by atoms with Gasteiger partial charge in [-0.15, -0.1) is 11.3 Å². The van der Waals surface area contributed by atoms with Gasteiger partial charge < -0.3 is 9.84 Å². The lowest BCUT2D eigenvalue weighted by atomic mass is 9.51. The summed E-state index contributed by atoms with van der Waals surface area (Å²) in [6.07, 6.45) is 5.48. The summed E-state index contributed by atoms with van der Waals surface area (Å²) in [6.45, 7) is 5.93. The summed E-state index contributed by atoms with van der Waals surface area (Å²) in [5.74, 6) is -3.36. The van der Waals surface area contributed by atoms with Gasteiger partial charge in [0.15, 0.2) is 0 Å². The van der Waals surface area contributed by atoms with Crippen LogP contribution in [0.5, 0.6) is 11.5 Å². The van der Waals surface area contributed by atoms with Gasteiger partial charge in [0, 0.05) is 40.7 Å². The first kappa shape index (κ1) is 35.9. The SMILES string of the molecule is CCc1ccc(N2C(=O)C3CC=C4C(CC5C(=O)N(c6cc(-c7sc8ccc(Cl)cc8c7C)nn6C)C(=O)C5(C)C4C4=COc5ccc(O)cc5C4)C3C2=O)cc1. The van der Waals surface area contributed by atoms with E-state index in [1.807, 2.05) is 62.4 Å². The fourth-order valence-electron chi connectivity index (χ4n) is 10.4. The maximum Gasteiger partial charge on any atom is 0.242 e. The van der Waals surface area contributed by atoms with Crippen LogP contribution >= 0.6 is 22.9 Å². The number of aromatic hydroxyl groups is 1. The predicted molar refractivity (Wildman–Crippen MR) is 218 cm³/mol. The Kier molecular flexibility index (Phi) is 8.02. The Morgan fingerprint density at radius 2 is 1.75 bits per heavy atom. The minimum atomic E-state index is -1.26. The summed E-state index contributed by atoms with van der Waals surface area (Å²) in [6, 6.07) is 20.0. The van der Waals surface area contributed by atoms with Crippen molar-refractivity contribution in [3.63, 3.8) is 0 Å². The highest BCUT2D eigenvalue weighted by Crippen LogP contribution is 2.63. The second kappa shape index (κ2) is 12.7. The van der Waals surface area contributed by atoms with Crippen molar-refractivity contribution in [1.29, 1.82) is 0 Å². The first-order chi connectivity index (χ1) is 27.4. The molecule has 2 aromatic heterocycles. The molecule has 3 aliphatic heterocycles. The van der Waals surface area contributed by atoms with Gasteiger partial charge >= 0.3 is 0 Å².